The monoisotopic (exact) mass is 257 g/mol. The Morgan fingerprint density at radius 1 is 1.00 bits per heavy atom. The van der Waals surface area contributed by atoms with Crippen LogP contribution in [0.1, 0.15) is 50.1 Å². The van der Waals surface area contributed by atoms with E-state index in [0.29, 0.717) is 11.8 Å². The summed E-state index contributed by atoms with van der Waals surface area (Å²) in [5.41, 5.74) is 2.63. The van der Waals surface area contributed by atoms with E-state index < -0.39 is 0 Å². The molecule has 0 fully saturated rings. The Labute approximate surface area is 112 Å². The van der Waals surface area contributed by atoms with Crippen molar-refractivity contribution < 1.29 is 0 Å². The Balaban J connectivity index is 2.30. The van der Waals surface area contributed by atoms with E-state index >= 15 is 0 Å². The molecule has 0 amide bonds. The van der Waals surface area contributed by atoms with E-state index in [9.17, 15) is 0 Å². The summed E-state index contributed by atoms with van der Waals surface area (Å²) in [7, 11) is 0. The number of nitrogens with one attached hydrogen (secondary N) is 1. The van der Waals surface area contributed by atoms with E-state index in [4.69, 9.17) is 0 Å². The van der Waals surface area contributed by atoms with Crippen LogP contribution in [0, 0.1) is 0 Å². The number of thiophene rings is 1. The van der Waals surface area contributed by atoms with Crippen molar-refractivity contribution in [1.29, 1.82) is 0 Å². The Bertz CT molecular complexity index is 639. The van der Waals surface area contributed by atoms with Gasteiger partial charge in [-0.15, -0.1) is 11.3 Å². The highest BCUT2D eigenvalue weighted by atomic mass is 32.1. The number of aromatic nitrogens is 1. The number of hydrogen-bond donors (Lipinski definition) is 1. The Hall–Kier alpha value is -1.28. The molecule has 1 N–H and O–H groups in total. The van der Waals surface area contributed by atoms with Crippen molar-refractivity contribution in [2.45, 2.75) is 39.5 Å². The van der Waals surface area contributed by atoms with Gasteiger partial charge in [0.15, 0.2) is 0 Å². The molecule has 1 nitrogen and oxygen atoms in total. The fourth-order valence-electron chi connectivity index (χ4n) is 2.35. The summed E-state index contributed by atoms with van der Waals surface area (Å²) < 4.78 is 1.39. The highest BCUT2D eigenvalue weighted by Crippen LogP contribution is 2.35. The number of hydrogen-bond acceptors (Lipinski definition) is 1. The lowest BCUT2D eigenvalue weighted by molar-refractivity contribution is 0.837. The average Bonchev–Trinajstić information content (AvgIpc) is 2.91. The number of benzene rings is 1. The van der Waals surface area contributed by atoms with Crippen LogP contribution < -0.4 is 0 Å². The van der Waals surface area contributed by atoms with E-state index in [0.717, 1.165) is 0 Å². The SMILES string of the molecule is CC(C)c1cc2ccc3sc(C(C)C)cc3c2[nH]1. The predicted octanol–water partition coefficient (Wildman–Crippen LogP) is 5.63. The van der Waals surface area contributed by atoms with Crippen molar-refractivity contribution in [3.63, 3.8) is 0 Å². The molecule has 0 saturated carbocycles. The van der Waals surface area contributed by atoms with Crippen LogP contribution in [0.25, 0.3) is 21.0 Å². The number of H-pyrrole nitrogens is 1. The number of rotatable bonds is 2. The molecular formula is C16H19NS. The first-order chi connectivity index (χ1) is 8.56. The summed E-state index contributed by atoms with van der Waals surface area (Å²) >= 11 is 1.92. The molecule has 0 atom stereocenters. The van der Waals surface area contributed by atoms with E-state index in [1.54, 1.807) is 0 Å². The summed E-state index contributed by atoms with van der Waals surface area (Å²) in [6.45, 7) is 8.98. The fraction of sp³-hybridized carbons (Fsp3) is 0.375. The molecule has 2 heteroatoms. The van der Waals surface area contributed by atoms with Gasteiger partial charge in [-0.1, -0.05) is 33.8 Å². The maximum Gasteiger partial charge on any atom is 0.0544 e. The van der Waals surface area contributed by atoms with Gasteiger partial charge in [-0.25, -0.2) is 0 Å². The highest BCUT2D eigenvalue weighted by molar-refractivity contribution is 7.19. The molecule has 2 aromatic heterocycles. The number of aromatic amines is 1. The molecule has 0 aliphatic carbocycles. The average molecular weight is 257 g/mol. The first-order valence-corrected chi connectivity index (χ1v) is 7.43. The lowest BCUT2D eigenvalue weighted by atomic mass is 10.1. The van der Waals surface area contributed by atoms with Crippen molar-refractivity contribution in [2.75, 3.05) is 0 Å². The molecule has 0 aliphatic rings. The van der Waals surface area contributed by atoms with Crippen LogP contribution >= 0.6 is 11.3 Å². The second kappa shape index (κ2) is 4.13. The second-order valence-electron chi connectivity index (χ2n) is 5.62. The van der Waals surface area contributed by atoms with Crippen molar-refractivity contribution in [3.8, 4) is 0 Å². The van der Waals surface area contributed by atoms with Gasteiger partial charge in [0, 0.05) is 26.0 Å². The van der Waals surface area contributed by atoms with Gasteiger partial charge in [0.2, 0.25) is 0 Å². The zero-order valence-electron chi connectivity index (χ0n) is 11.4. The lowest BCUT2D eigenvalue weighted by Crippen LogP contribution is -1.84. The standard InChI is InChI=1S/C16H19NS/c1-9(2)13-7-11-5-6-14-12(16(11)17-13)8-15(18-14)10(3)4/h5-10,17H,1-4H3. The molecule has 3 aromatic rings. The lowest BCUT2D eigenvalue weighted by Gasteiger charge is -1.98. The van der Waals surface area contributed by atoms with Gasteiger partial charge in [0.1, 0.15) is 0 Å². The molecule has 1 aromatic carbocycles. The minimum atomic E-state index is 0.552. The molecule has 0 unspecified atom stereocenters. The molecule has 3 rings (SSSR count). The first kappa shape index (κ1) is 11.8. The van der Waals surface area contributed by atoms with Crippen LogP contribution in [0.2, 0.25) is 0 Å². The third-order valence-corrected chi connectivity index (χ3v) is 4.92. The molecule has 0 spiro atoms. The fourth-order valence-corrected chi connectivity index (χ4v) is 3.42. The Morgan fingerprint density at radius 3 is 2.44 bits per heavy atom. The molecule has 0 radical (unpaired) electrons. The molecule has 2 heterocycles. The van der Waals surface area contributed by atoms with Gasteiger partial charge < -0.3 is 4.98 Å². The third-order valence-electron chi connectivity index (χ3n) is 3.52. The van der Waals surface area contributed by atoms with Crippen LogP contribution in [0.4, 0.5) is 0 Å². The molecule has 0 saturated heterocycles. The van der Waals surface area contributed by atoms with Gasteiger partial charge in [-0.05, 0) is 30.0 Å². The van der Waals surface area contributed by atoms with Crippen LogP contribution in [-0.4, -0.2) is 4.98 Å². The van der Waals surface area contributed by atoms with Gasteiger partial charge in [0.05, 0.1) is 5.52 Å². The topological polar surface area (TPSA) is 15.8 Å². The van der Waals surface area contributed by atoms with Crippen LogP contribution in [0.5, 0.6) is 0 Å². The summed E-state index contributed by atoms with van der Waals surface area (Å²) in [6.07, 6.45) is 0. The summed E-state index contributed by atoms with van der Waals surface area (Å²) in [4.78, 5) is 5.07. The summed E-state index contributed by atoms with van der Waals surface area (Å²) in [5, 5.41) is 2.72. The maximum absolute atomic E-state index is 3.60. The second-order valence-corrected chi connectivity index (χ2v) is 6.74. The Morgan fingerprint density at radius 2 is 1.78 bits per heavy atom. The van der Waals surface area contributed by atoms with E-state index in [2.05, 4.69) is 56.9 Å². The molecule has 0 bridgehead atoms. The van der Waals surface area contributed by atoms with Crippen molar-refractivity contribution in [2.24, 2.45) is 0 Å². The minimum Gasteiger partial charge on any atom is -0.358 e. The van der Waals surface area contributed by atoms with Crippen molar-refractivity contribution in [3.05, 3.63) is 34.8 Å². The minimum absolute atomic E-state index is 0.552. The zero-order valence-corrected chi connectivity index (χ0v) is 12.2. The molecular weight excluding hydrogens is 238 g/mol. The summed E-state index contributed by atoms with van der Waals surface area (Å²) in [6, 6.07) is 9.13. The number of fused-ring (bicyclic) bond motifs is 3. The quantitative estimate of drug-likeness (QED) is 0.612. The van der Waals surface area contributed by atoms with Gasteiger partial charge in [-0.2, -0.15) is 0 Å². The predicted molar refractivity (Wildman–Crippen MR) is 81.9 cm³/mol. The van der Waals surface area contributed by atoms with Crippen molar-refractivity contribution >= 4 is 32.3 Å². The van der Waals surface area contributed by atoms with Crippen LogP contribution in [0.15, 0.2) is 24.3 Å². The van der Waals surface area contributed by atoms with Crippen LogP contribution in [0.3, 0.4) is 0 Å². The first-order valence-electron chi connectivity index (χ1n) is 6.61. The molecule has 94 valence electrons. The van der Waals surface area contributed by atoms with Gasteiger partial charge >= 0.3 is 0 Å². The summed E-state index contributed by atoms with van der Waals surface area (Å²) in [5.74, 6) is 1.16. The van der Waals surface area contributed by atoms with Crippen LogP contribution in [-0.2, 0) is 0 Å². The van der Waals surface area contributed by atoms with E-state index in [-0.39, 0.29) is 0 Å². The van der Waals surface area contributed by atoms with E-state index in [1.807, 2.05) is 11.3 Å². The third kappa shape index (κ3) is 1.76. The van der Waals surface area contributed by atoms with Gasteiger partial charge in [0.25, 0.3) is 0 Å². The largest absolute Gasteiger partial charge is 0.358 e. The smallest absolute Gasteiger partial charge is 0.0544 e. The van der Waals surface area contributed by atoms with Crippen molar-refractivity contribution in [1.82, 2.24) is 4.98 Å². The Kier molecular flexibility index (Phi) is 2.70. The maximum atomic E-state index is 3.60. The van der Waals surface area contributed by atoms with Gasteiger partial charge in [-0.3, -0.25) is 0 Å². The normalized spacial score (nSPS) is 12.3. The van der Waals surface area contributed by atoms with E-state index in [1.165, 1.54) is 31.6 Å². The molecule has 0 aliphatic heterocycles. The molecule has 18 heavy (non-hydrogen) atoms. The highest BCUT2D eigenvalue weighted by Gasteiger charge is 2.11. The zero-order chi connectivity index (χ0) is 12.9.